The maximum absolute atomic E-state index is 11.9. The molecule has 2 heterocycles. The Morgan fingerprint density at radius 3 is 3.00 bits per heavy atom. The van der Waals surface area contributed by atoms with Crippen LogP contribution in [0.5, 0.6) is 0 Å². The standard InChI is InChI=1S/C16H19N3O2S2/c20-14(13-9-4-10-21-13)17-15-18-19-16(23-15)22-11-5-8-12-6-2-1-3-7-12/h1-3,6-7,13H,4-5,8-11H2,(H,17,18,20)/t13-/m0/s1. The number of amides is 1. The first-order chi connectivity index (χ1) is 11.3. The van der Waals surface area contributed by atoms with E-state index in [0.717, 1.165) is 35.8 Å². The van der Waals surface area contributed by atoms with Crippen molar-refractivity contribution in [3.8, 4) is 0 Å². The number of ether oxygens (including phenoxy) is 1. The Bertz CT molecular complexity index is 627. The summed E-state index contributed by atoms with van der Waals surface area (Å²) in [6.45, 7) is 0.663. The molecule has 122 valence electrons. The predicted molar refractivity (Wildman–Crippen MR) is 93.0 cm³/mol. The van der Waals surface area contributed by atoms with Gasteiger partial charge in [0.25, 0.3) is 5.91 Å². The lowest BCUT2D eigenvalue weighted by Gasteiger charge is -2.06. The summed E-state index contributed by atoms with van der Waals surface area (Å²) in [6, 6.07) is 10.5. The van der Waals surface area contributed by atoms with Gasteiger partial charge in [0.2, 0.25) is 5.13 Å². The van der Waals surface area contributed by atoms with Gasteiger partial charge in [0.15, 0.2) is 4.34 Å². The molecule has 0 bridgehead atoms. The van der Waals surface area contributed by atoms with E-state index in [1.807, 2.05) is 6.07 Å². The largest absolute Gasteiger partial charge is 0.368 e. The summed E-state index contributed by atoms with van der Waals surface area (Å²) >= 11 is 3.10. The minimum atomic E-state index is -0.333. The van der Waals surface area contributed by atoms with Crippen molar-refractivity contribution in [2.75, 3.05) is 17.7 Å². The molecule has 1 N–H and O–H groups in total. The molecule has 1 saturated heterocycles. The van der Waals surface area contributed by atoms with E-state index >= 15 is 0 Å². The van der Waals surface area contributed by atoms with E-state index in [4.69, 9.17) is 4.74 Å². The zero-order valence-corrected chi connectivity index (χ0v) is 14.4. The number of benzene rings is 1. The van der Waals surface area contributed by atoms with Crippen LogP contribution < -0.4 is 5.32 Å². The quantitative estimate of drug-likeness (QED) is 0.472. The lowest BCUT2D eigenvalue weighted by molar-refractivity contribution is -0.124. The van der Waals surface area contributed by atoms with E-state index < -0.39 is 0 Å². The molecule has 2 aromatic rings. The van der Waals surface area contributed by atoms with Gasteiger partial charge in [-0.3, -0.25) is 10.1 Å². The third-order valence-corrected chi connectivity index (χ3v) is 5.60. The molecule has 0 unspecified atom stereocenters. The third kappa shape index (κ3) is 5.02. The van der Waals surface area contributed by atoms with Crippen LogP contribution in [-0.4, -0.2) is 34.6 Å². The van der Waals surface area contributed by atoms with Crippen molar-refractivity contribution < 1.29 is 9.53 Å². The SMILES string of the molecule is O=C(Nc1nnc(SCCCc2ccccc2)s1)[C@@H]1CCCO1. The second-order valence-corrected chi connectivity index (χ2v) is 7.62. The molecule has 7 heteroatoms. The molecule has 1 aromatic carbocycles. The number of aromatic nitrogens is 2. The number of hydrogen-bond acceptors (Lipinski definition) is 6. The van der Waals surface area contributed by atoms with E-state index in [1.54, 1.807) is 11.8 Å². The van der Waals surface area contributed by atoms with Crippen molar-refractivity contribution in [2.24, 2.45) is 0 Å². The summed E-state index contributed by atoms with van der Waals surface area (Å²) in [5.74, 6) is 0.878. The summed E-state index contributed by atoms with van der Waals surface area (Å²) in [5, 5.41) is 11.5. The molecule has 23 heavy (non-hydrogen) atoms. The smallest absolute Gasteiger partial charge is 0.255 e. The molecule has 0 aliphatic carbocycles. The van der Waals surface area contributed by atoms with E-state index in [9.17, 15) is 4.79 Å². The normalized spacial score (nSPS) is 17.3. The minimum Gasteiger partial charge on any atom is -0.368 e. The van der Waals surface area contributed by atoms with Gasteiger partial charge in [-0.15, -0.1) is 10.2 Å². The van der Waals surface area contributed by atoms with E-state index in [1.165, 1.54) is 16.9 Å². The van der Waals surface area contributed by atoms with Crippen LogP contribution in [0.2, 0.25) is 0 Å². The first-order valence-electron chi connectivity index (χ1n) is 7.74. The number of carbonyl (C=O) groups is 1. The van der Waals surface area contributed by atoms with Crippen LogP contribution in [0.1, 0.15) is 24.8 Å². The minimum absolute atomic E-state index is 0.112. The Kier molecular flexibility index (Phi) is 6.01. The average molecular weight is 349 g/mol. The van der Waals surface area contributed by atoms with Gasteiger partial charge in [0.1, 0.15) is 6.10 Å². The van der Waals surface area contributed by atoms with Crippen molar-refractivity contribution in [2.45, 2.75) is 36.1 Å². The average Bonchev–Trinajstić information content (AvgIpc) is 3.24. The lowest BCUT2D eigenvalue weighted by atomic mass is 10.1. The maximum Gasteiger partial charge on any atom is 0.255 e. The number of thioether (sulfide) groups is 1. The lowest BCUT2D eigenvalue weighted by Crippen LogP contribution is -2.26. The number of aryl methyl sites for hydroxylation is 1. The number of nitrogens with zero attached hydrogens (tertiary/aromatic N) is 2. The Balaban J connectivity index is 1.39. The predicted octanol–water partition coefficient (Wildman–Crippen LogP) is 3.38. The zero-order valence-electron chi connectivity index (χ0n) is 12.7. The molecule has 0 spiro atoms. The van der Waals surface area contributed by atoms with Gasteiger partial charge in [-0.25, -0.2) is 0 Å². The summed E-state index contributed by atoms with van der Waals surface area (Å²) in [6.07, 6.45) is 3.55. The molecule has 1 atom stereocenters. The fraction of sp³-hybridized carbons (Fsp3) is 0.438. The highest BCUT2D eigenvalue weighted by Gasteiger charge is 2.24. The molecule has 3 rings (SSSR count). The van der Waals surface area contributed by atoms with Crippen molar-refractivity contribution in [1.29, 1.82) is 0 Å². The van der Waals surface area contributed by atoms with Gasteiger partial charge in [-0.2, -0.15) is 0 Å². The number of rotatable bonds is 7. The third-order valence-electron chi connectivity index (χ3n) is 3.54. The fourth-order valence-electron chi connectivity index (χ4n) is 2.37. The molecule has 1 fully saturated rings. The van der Waals surface area contributed by atoms with Crippen LogP contribution in [0, 0.1) is 0 Å². The topological polar surface area (TPSA) is 64.1 Å². The van der Waals surface area contributed by atoms with Crippen molar-refractivity contribution in [3.63, 3.8) is 0 Å². The number of nitrogens with one attached hydrogen (secondary N) is 1. The molecule has 1 aromatic heterocycles. The van der Waals surface area contributed by atoms with E-state index in [0.29, 0.717) is 11.7 Å². The summed E-state index contributed by atoms with van der Waals surface area (Å²) in [4.78, 5) is 11.9. The van der Waals surface area contributed by atoms with Crippen molar-refractivity contribution in [3.05, 3.63) is 35.9 Å². The fourth-order valence-corrected chi connectivity index (χ4v) is 4.13. The summed E-state index contributed by atoms with van der Waals surface area (Å²) in [7, 11) is 0. The van der Waals surface area contributed by atoms with Crippen LogP contribution >= 0.6 is 23.1 Å². The van der Waals surface area contributed by atoms with Gasteiger partial charge in [-0.05, 0) is 31.2 Å². The zero-order chi connectivity index (χ0) is 15.9. The number of carbonyl (C=O) groups excluding carboxylic acids is 1. The van der Waals surface area contributed by atoms with Gasteiger partial charge < -0.3 is 4.74 Å². The monoisotopic (exact) mass is 349 g/mol. The molecule has 1 aliphatic rings. The molecule has 0 radical (unpaired) electrons. The van der Waals surface area contributed by atoms with Crippen LogP contribution in [-0.2, 0) is 16.0 Å². The number of hydrogen-bond donors (Lipinski definition) is 1. The van der Waals surface area contributed by atoms with Gasteiger partial charge in [0, 0.05) is 12.4 Å². The Labute approximate surface area is 143 Å². The molecule has 1 aliphatic heterocycles. The first-order valence-corrected chi connectivity index (χ1v) is 9.54. The second kappa shape index (κ2) is 8.42. The number of anilines is 1. The second-order valence-electron chi connectivity index (χ2n) is 5.30. The van der Waals surface area contributed by atoms with E-state index in [2.05, 4.69) is 39.8 Å². The maximum atomic E-state index is 11.9. The summed E-state index contributed by atoms with van der Waals surface area (Å²) < 4.78 is 6.24. The van der Waals surface area contributed by atoms with Crippen molar-refractivity contribution in [1.82, 2.24) is 10.2 Å². The highest BCUT2D eigenvalue weighted by Crippen LogP contribution is 2.27. The molecule has 0 saturated carbocycles. The Morgan fingerprint density at radius 2 is 2.22 bits per heavy atom. The first kappa shape index (κ1) is 16.4. The van der Waals surface area contributed by atoms with Crippen LogP contribution in [0.15, 0.2) is 34.7 Å². The van der Waals surface area contributed by atoms with Crippen molar-refractivity contribution >= 4 is 34.1 Å². The molecule has 1 amide bonds. The summed E-state index contributed by atoms with van der Waals surface area (Å²) in [5.41, 5.74) is 1.36. The molecular formula is C16H19N3O2S2. The van der Waals surface area contributed by atoms with Gasteiger partial charge in [0.05, 0.1) is 0 Å². The Morgan fingerprint density at radius 1 is 1.35 bits per heavy atom. The highest BCUT2D eigenvalue weighted by atomic mass is 32.2. The van der Waals surface area contributed by atoms with Gasteiger partial charge in [-0.1, -0.05) is 53.4 Å². The Hall–Kier alpha value is -1.44. The highest BCUT2D eigenvalue weighted by molar-refractivity contribution is 8.01. The van der Waals surface area contributed by atoms with Crippen LogP contribution in [0.4, 0.5) is 5.13 Å². The van der Waals surface area contributed by atoms with E-state index in [-0.39, 0.29) is 12.0 Å². The van der Waals surface area contributed by atoms with Crippen LogP contribution in [0.25, 0.3) is 0 Å². The van der Waals surface area contributed by atoms with Gasteiger partial charge >= 0.3 is 0 Å². The van der Waals surface area contributed by atoms with Crippen LogP contribution in [0.3, 0.4) is 0 Å². The molecular weight excluding hydrogens is 330 g/mol. The molecule has 5 nitrogen and oxygen atoms in total.